The third-order valence-electron chi connectivity index (χ3n) is 6.49. The molecule has 0 aromatic heterocycles. The molecule has 6 nitrogen and oxygen atoms in total. The highest BCUT2D eigenvalue weighted by Gasteiger charge is 2.40. The lowest BCUT2D eigenvalue weighted by molar-refractivity contribution is -0.384. The number of alkyl halides is 3. The van der Waals surface area contributed by atoms with Crippen LogP contribution < -0.4 is 4.90 Å². The number of carbonyl (C=O) groups is 1. The van der Waals surface area contributed by atoms with Gasteiger partial charge in [-0.25, -0.2) is 0 Å². The highest BCUT2D eigenvalue weighted by atomic mass is 19.4. The molecular formula is C29H22F3N3O3. The summed E-state index contributed by atoms with van der Waals surface area (Å²) in [5.41, 5.74) is 1.38. The van der Waals surface area contributed by atoms with Gasteiger partial charge in [0.25, 0.3) is 11.6 Å². The maximum absolute atomic E-state index is 13.9. The number of hydrogen-bond donors (Lipinski definition) is 0. The molecule has 9 heteroatoms. The van der Waals surface area contributed by atoms with Crippen molar-refractivity contribution in [2.45, 2.75) is 25.4 Å². The van der Waals surface area contributed by atoms with E-state index in [0.29, 0.717) is 5.69 Å². The van der Waals surface area contributed by atoms with Crippen LogP contribution in [-0.4, -0.2) is 15.7 Å². The van der Waals surface area contributed by atoms with Crippen molar-refractivity contribution in [3.63, 3.8) is 0 Å². The van der Waals surface area contributed by atoms with Crippen molar-refractivity contribution in [1.29, 1.82) is 0 Å². The van der Waals surface area contributed by atoms with Crippen molar-refractivity contribution < 1.29 is 22.9 Å². The number of fused-ring (bicyclic) bond motifs is 1. The summed E-state index contributed by atoms with van der Waals surface area (Å²) in [7, 11) is 0. The number of anilines is 1. The van der Waals surface area contributed by atoms with Crippen LogP contribution >= 0.6 is 0 Å². The van der Waals surface area contributed by atoms with Gasteiger partial charge in [0.05, 0.1) is 21.7 Å². The van der Waals surface area contributed by atoms with Crippen molar-refractivity contribution in [3.8, 4) is 0 Å². The van der Waals surface area contributed by atoms with Crippen LogP contribution in [0.3, 0.4) is 0 Å². The molecule has 1 amide bonds. The molecule has 5 rings (SSSR count). The van der Waals surface area contributed by atoms with E-state index in [4.69, 9.17) is 0 Å². The largest absolute Gasteiger partial charge is 0.416 e. The van der Waals surface area contributed by atoms with Crippen LogP contribution in [0.4, 0.5) is 24.5 Å². The highest BCUT2D eigenvalue weighted by Crippen LogP contribution is 2.43. The topological polar surface area (TPSA) is 66.7 Å². The van der Waals surface area contributed by atoms with E-state index in [9.17, 15) is 28.1 Å². The lowest BCUT2D eigenvalue weighted by Crippen LogP contribution is -2.48. The van der Waals surface area contributed by atoms with E-state index in [0.717, 1.165) is 23.3 Å². The fourth-order valence-corrected chi connectivity index (χ4v) is 4.75. The molecule has 0 radical (unpaired) electrons. The smallest absolute Gasteiger partial charge is 0.342 e. The van der Waals surface area contributed by atoms with E-state index in [-0.39, 0.29) is 29.9 Å². The van der Waals surface area contributed by atoms with Gasteiger partial charge in [0, 0.05) is 25.2 Å². The SMILES string of the molecule is O=C1c2cc([N+](=O)[O-])ccc2N(Cc2ccccc2)[C@@H](c2cccc(C(F)(F)F)c2)N1Cc1ccccc1. The summed E-state index contributed by atoms with van der Waals surface area (Å²) in [6, 6.07) is 27.4. The van der Waals surface area contributed by atoms with Crippen LogP contribution in [0, 0.1) is 10.1 Å². The van der Waals surface area contributed by atoms with Crippen LogP contribution in [-0.2, 0) is 19.3 Å². The normalized spacial score (nSPS) is 15.3. The molecular weight excluding hydrogens is 495 g/mol. The molecule has 1 heterocycles. The first-order valence-electron chi connectivity index (χ1n) is 11.8. The van der Waals surface area contributed by atoms with E-state index in [1.54, 1.807) is 6.07 Å². The highest BCUT2D eigenvalue weighted by molar-refractivity contribution is 6.02. The van der Waals surface area contributed by atoms with Gasteiger partial charge >= 0.3 is 6.18 Å². The van der Waals surface area contributed by atoms with Gasteiger partial charge in [-0.3, -0.25) is 14.9 Å². The zero-order valence-corrected chi connectivity index (χ0v) is 20.0. The van der Waals surface area contributed by atoms with Gasteiger partial charge in [-0.15, -0.1) is 0 Å². The number of nitro groups is 1. The molecule has 1 aliphatic heterocycles. The lowest BCUT2D eigenvalue weighted by Gasteiger charge is -2.46. The van der Waals surface area contributed by atoms with Gasteiger partial charge < -0.3 is 9.80 Å². The molecule has 0 aliphatic carbocycles. The zero-order chi connectivity index (χ0) is 26.9. The molecule has 0 bridgehead atoms. The van der Waals surface area contributed by atoms with E-state index < -0.39 is 28.7 Å². The van der Waals surface area contributed by atoms with Crippen LogP contribution in [0.2, 0.25) is 0 Å². The number of benzene rings is 4. The predicted molar refractivity (Wildman–Crippen MR) is 136 cm³/mol. The van der Waals surface area contributed by atoms with Crippen molar-refractivity contribution in [3.05, 3.63) is 141 Å². The first-order chi connectivity index (χ1) is 18.2. The van der Waals surface area contributed by atoms with Crippen molar-refractivity contribution >= 4 is 17.3 Å². The minimum absolute atomic E-state index is 0.0913. The van der Waals surface area contributed by atoms with Crippen LogP contribution in [0.25, 0.3) is 0 Å². The van der Waals surface area contributed by atoms with Crippen LogP contribution in [0.15, 0.2) is 103 Å². The van der Waals surface area contributed by atoms with Crippen molar-refractivity contribution in [1.82, 2.24) is 4.90 Å². The Hall–Kier alpha value is -4.66. The Morgan fingerprint density at radius 3 is 1.95 bits per heavy atom. The summed E-state index contributed by atoms with van der Waals surface area (Å²) < 4.78 is 41.1. The predicted octanol–water partition coefficient (Wildman–Crippen LogP) is 6.98. The summed E-state index contributed by atoms with van der Waals surface area (Å²) in [6.45, 7) is 0.346. The third-order valence-corrected chi connectivity index (χ3v) is 6.49. The summed E-state index contributed by atoms with van der Waals surface area (Å²) in [4.78, 5) is 28.2. The Labute approximate surface area is 216 Å². The Morgan fingerprint density at radius 2 is 1.37 bits per heavy atom. The monoisotopic (exact) mass is 517 g/mol. The number of halogens is 3. The molecule has 0 spiro atoms. The molecule has 4 aromatic carbocycles. The molecule has 0 saturated heterocycles. The maximum Gasteiger partial charge on any atom is 0.416 e. The fourth-order valence-electron chi connectivity index (χ4n) is 4.75. The summed E-state index contributed by atoms with van der Waals surface area (Å²) in [5, 5.41) is 11.5. The van der Waals surface area contributed by atoms with Gasteiger partial charge in [-0.1, -0.05) is 72.8 Å². The quantitative estimate of drug-likeness (QED) is 0.205. The number of non-ortho nitro benzene ring substituents is 1. The van der Waals surface area contributed by atoms with Gasteiger partial charge in [-0.2, -0.15) is 13.2 Å². The number of nitrogens with zero attached hydrogens (tertiary/aromatic N) is 3. The van der Waals surface area contributed by atoms with E-state index >= 15 is 0 Å². The van der Waals surface area contributed by atoms with Crippen LogP contribution in [0.1, 0.15) is 38.8 Å². The number of hydrogen-bond acceptors (Lipinski definition) is 4. The van der Waals surface area contributed by atoms with Crippen LogP contribution in [0.5, 0.6) is 0 Å². The standard InChI is InChI=1S/C29H22F3N3O3/c30-29(31,32)23-13-7-12-22(16-23)27-33(18-20-8-3-1-4-9-20)26-15-14-24(35(37)38)17-25(26)28(36)34(27)19-21-10-5-2-6-11-21/h1-17,27H,18-19H2/t27-/m1/s1. The lowest BCUT2D eigenvalue weighted by atomic mass is 9.97. The van der Waals surface area contributed by atoms with E-state index in [1.807, 2.05) is 65.6 Å². The van der Waals surface area contributed by atoms with Gasteiger partial charge in [0.2, 0.25) is 0 Å². The molecule has 1 atom stereocenters. The Balaban J connectivity index is 1.72. The molecule has 38 heavy (non-hydrogen) atoms. The number of carbonyl (C=O) groups excluding carboxylic acids is 1. The molecule has 4 aromatic rings. The zero-order valence-electron chi connectivity index (χ0n) is 20.0. The molecule has 0 fully saturated rings. The first kappa shape index (κ1) is 25.0. The minimum atomic E-state index is -4.57. The fraction of sp³-hybridized carbons (Fsp3) is 0.138. The van der Waals surface area contributed by atoms with E-state index in [2.05, 4.69) is 0 Å². The number of nitro benzene ring substituents is 1. The minimum Gasteiger partial charge on any atom is -0.342 e. The Bertz CT molecular complexity index is 1480. The van der Waals surface area contributed by atoms with Gasteiger partial charge in [0.1, 0.15) is 6.17 Å². The van der Waals surface area contributed by atoms with Crippen molar-refractivity contribution in [2.24, 2.45) is 0 Å². The second-order valence-electron chi connectivity index (χ2n) is 8.99. The second-order valence-corrected chi connectivity index (χ2v) is 8.99. The number of rotatable bonds is 6. The molecule has 0 saturated carbocycles. The number of amides is 1. The van der Waals surface area contributed by atoms with Gasteiger partial charge in [-0.05, 0) is 34.9 Å². The van der Waals surface area contributed by atoms with Crippen molar-refractivity contribution in [2.75, 3.05) is 4.90 Å². The summed E-state index contributed by atoms with van der Waals surface area (Å²) in [6.07, 6.45) is -5.47. The maximum atomic E-state index is 13.9. The second kappa shape index (κ2) is 10.0. The molecule has 1 aliphatic rings. The summed E-state index contributed by atoms with van der Waals surface area (Å²) in [5.74, 6) is -0.501. The molecule has 192 valence electrons. The molecule has 0 N–H and O–H groups in total. The third kappa shape index (κ3) is 4.95. The summed E-state index contributed by atoms with van der Waals surface area (Å²) >= 11 is 0. The average molecular weight is 518 g/mol. The van der Waals surface area contributed by atoms with E-state index in [1.165, 1.54) is 29.2 Å². The Morgan fingerprint density at radius 1 is 0.763 bits per heavy atom. The first-order valence-corrected chi connectivity index (χ1v) is 11.8. The van der Waals surface area contributed by atoms with Gasteiger partial charge in [0.15, 0.2) is 0 Å². The Kier molecular flexibility index (Phi) is 6.59. The average Bonchev–Trinajstić information content (AvgIpc) is 2.92. The molecule has 0 unspecified atom stereocenters.